The topological polar surface area (TPSA) is 98.1 Å². The highest BCUT2D eigenvalue weighted by Crippen LogP contribution is 2.32. The van der Waals surface area contributed by atoms with Gasteiger partial charge in [0, 0.05) is 55.3 Å². The first-order valence-electron chi connectivity index (χ1n) is 11.2. The van der Waals surface area contributed by atoms with Gasteiger partial charge >= 0.3 is 6.18 Å². The molecule has 2 atom stereocenters. The molecule has 1 aliphatic heterocycles. The molecule has 4 rings (SSSR count). The molecule has 0 aliphatic carbocycles. The van der Waals surface area contributed by atoms with E-state index in [0.29, 0.717) is 48.0 Å². The summed E-state index contributed by atoms with van der Waals surface area (Å²) in [5, 5.41) is 7.19. The Balaban J connectivity index is 0.00000186. The Morgan fingerprint density at radius 2 is 1.89 bits per heavy atom. The number of hydrogen-bond acceptors (Lipinski definition) is 9. The number of carbonyl (C=O) groups excluding carboxylic acids is 1. The number of fused-ring (bicyclic) bond motifs is 1. The van der Waals surface area contributed by atoms with Crippen LogP contribution in [0.1, 0.15) is 35.3 Å². The summed E-state index contributed by atoms with van der Waals surface area (Å²) >= 11 is 7.33. The third-order valence-corrected chi connectivity index (χ3v) is 5.99. The van der Waals surface area contributed by atoms with Crippen molar-refractivity contribution in [2.24, 2.45) is 0 Å². The number of ether oxygens (including phenoxy) is 1. The summed E-state index contributed by atoms with van der Waals surface area (Å²) in [5.74, 6) is 1.11. The van der Waals surface area contributed by atoms with Crippen molar-refractivity contribution in [2.75, 3.05) is 24.4 Å². The molecule has 0 saturated heterocycles. The molecule has 1 unspecified atom stereocenters. The maximum atomic E-state index is 12.7. The number of aromatic nitrogens is 5. The molecule has 0 spiro atoms. The van der Waals surface area contributed by atoms with Gasteiger partial charge in [-0.05, 0) is 37.5 Å². The first-order valence-corrected chi connectivity index (χ1v) is 12.5. The van der Waals surface area contributed by atoms with E-state index in [1.807, 2.05) is 32.0 Å². The monoisotopic (exact) mass is 553 g/mol. The summed E-state index contributed by atoms with van der Waals surface area (Å²) in [7, 11) is 3.38. The number of aryl methyl sites for hydroxylation is 3. The van der Waals surface area contributed by atoms with Gasteiger partial charge < -0.3 is 15.0 Å². The van der Waals surface area contributed by atoms with Gasteiger partial charge in [0.05, 0.1) is 24.5 Å². The molecule has 14 heteroatoms. The molecule has 0 fully saturated rings. The number of pyridine rings is 1. The number of amides is 1. The molecular weight excluding hydrogens is 527 g/mol. The van der Waals surface area contributed by atoms with Crippen molar-refractivity contribution in [2.45, 2.75) is 51.6 Å². The van der Waals surface area contributed by atoms with Gasteiger partial charge in [0.25, 0.3) is 0 Å². The first-order chi connectivity index (χ1) is 17.6. The lowest BCUT2D eigenvalue weighted by atomic mass is 10.1. The van der Waals surface area contributed by atoms with Crippen LogP contribution < -0.4 is 10.2 Å². The van der Waals surface area contributed by atoms with Crippen LogP contribution in [0.15, 0.2) is 30.7 Å². The molecule has 9 nitrogen and oxygen atoms in total. The van der Waals surface area contributed by atoms with E-state index >= 15 is 0 Å². The second-order valence-electron chi connectivity index (χ2n) is 8.51. The molecule has 0 bridgehead atoms. The minimum absolute atomic E-state index is 0.163. The van der Waals surface area contributed by atoms with Crippen LogP contribution in [0.25, 0.3) is 0 Å². The fourth-order valence-electron chi connectivity index (χ4n) is 4.04. The lowest BCUT2D eigenvalue weighted by molar-refractivity contribution is -0.141. The van der Waals surface area contributed by atoms with Crippen LogP contribution in [-0.4, -0.2) is 56.9 Å². The lowest BCUT2D eigenvalue weighted by Gasteiger charge is -2.37. The predicted octanol–water partition coefficient (Wildman–Crippen LogP) is 3.02. The van der Waals surface area contributed by atoms with Gasteiger partial charge in [-0.25, -0.2) is 9.97 Å². The van der Waals surface area contributed by atoms with E-state index in [4.69, 9.17) is 9.72 Å². The SMILES string of the molecule is CO[C@@H](C)C1C(=O)Nc2c(C)nc(CCc3cnn(Cc4ccc(C(F)(F)F)nc4)c3)nc2N1C.S=S. The molecule has 0 aromatic carbocycles. The van der Waals surface area contributed by atoms with Gasteiger partial charge in [0.1, 0.15) is 23.2 Å². The van der Waals surface area contributed by atoms with Crippen LogP contribution in [0.3, 0.4) is 0 Å². The van der Waals surface area contributed by atoms with E-state index in [-0.39, 0.29) is 12.0 Å². The third kappa shape index (κ3) is 6.62. The van der Waals surface area contributed by atoms with E-state index in [1.54, 1.807) is 18.0 Å². The molecule has 1 N–H and O–H groups in total. The number of anilines is 2. The zero-order valence-electron chi connectivity index (χ0n) is 20.6. The number of nitrogens with zero attached hydrogens (tertiary/aromatic N) is 6. The van der Waals surface area contributed by atoms with E-state index in [1.165, 1.54) is 12.3 Å². The number of carbonyl (C=O) groups is 1. The van der Waals surface area contributed by atoms with Crippen LogP contribution in [0.5, 0.6) is 0 Å². The zero-order chi connectivity index (χ0) is 27.3. The molecule has 198 valence electrons. The van der Waals surface area contributed by atoms with E-state index in [9.17, 15) is 18.0 Å². The third-order valence-electron chi connectivity index (χ3n) is 5.99. The molecule has 3 aromatic heterocycles. The standard InChI is InChI=1S/C23H26F3N7O2.S2/c1-13-19-21(32(3)20(14(2)35-4)22(34)31-19)30-18(29-13)8-6-16-10-28-33(12-16)11-15-5-7-17(27-9-15)23(24,25)26;1-2/h5,7,9-10,12,14,20H,6,8,11H2,1-4H3,(H,31,34);/t14-,20?;/m0./s1. The Morgan fingerprint density at radius 1 is 1.16 bits per heavy atom. The summed E-state index contributed by atoms with van der Waals surface area (Å²) in [6.07, 6.45) is 1.15. The maximum Gasteiger partial charge on any atom is 0.433 e. The molecule has 37 heavy (non-hydrogen) atoms. The minimum Gasteiger partial charge on any atom is -0.379 e. The average molecular weight is 554 g/mol. The molecule has 3 aromatic rings. The largest absolute Gasteiger partial charge is 0.433 e. The lowest BCUT2D eigenvalue weighted by Crippen LogP contribution is -2.53. The summed E-state index contributed by atoms with van der Waals surface area (Å²) in [4.78, 5) is 27.1. The van der Waals surface area contributed by atoms with Gasteiger partial charge in [0.15, 0.2) is 5.82 Å². The van der Waals surface area contributed by atoms with Crippen LogP contribution in [0.4, 0.5) is 24.7 Å². The van der Waals surface area contributed by atoms with Crippen molar-refractivity contribution in [3.05, 3.63) is 59.1 Å². The summed E-state index contributed by atoms with van der Waals surface area (Å²) < 4.78 is 45.1. The van der Waals surface area contributed by atoms with Gasteiger partial charge in [-0.1, -0.05) is 6.07 Å². The number of likely N-dealkylation sites (N-methyl/N-ethyl adjacent to an activating group) is 1. The van der Waals surface area contributed by atoms with E-state index in [0.717, 1.165) is 11.6 Å². The Labute approximate surface area is 222 Å². The highest BCUT2D eigenvalue weighted by atomic mass is 32.8. The molecule has 1 amide bonds. The number of nitrogens with one attached hydrogen (secondary N) is 1. The number of hydrogen-bond donors (Lipinski definition) is 1. The molecular formula is C23H26F3N7O2S2. The number of methoxy groups -OCH3 is 1. The van der Waals surface area contributed by atoms with Crippen molar-refractivity contribution in [3.63, 3.8) is 0 Å². The quantitative estimate of drug-likeness (QED) is 0.474. The van der Waals surface area contributed by atoms with E-state index < -0.39 is 17.9 Å². The van der Waals surface area contributed by atoms with Gasteiger partial charge in [-0.3, -0.25) is 14.5 Å². The van der Waals surface area contributed by atoms with Crippen LogP contribution in [-0.2, 0) is 57.5 Å². The Morgan fingerprint density at radius 3 is 2.51 bits per heavy atom. The summed E-state index contributed by atoms with van der Waals surface area (Å²) in [6.45, 7) is 3.97. The molecule has 4 heterocycles. The van der Waals surface area contributed by atoms with E-state index in [2.05, 4.69) is 42.8 Å². The van der Waals surface area contributed by atoms with Crippen LogP contribution in [0.2, 0.25) is 0 Å². The van der Waals surface area contributed by atoms with Gasteiger partial charge in [0.2, 0.25) is 5.91 Å². The summed E-state index contributed by atoms with van der Waals surface area (Å²) in [6, 6.07) is 1.85. The number of alkyl halides is 3. The predicted molar refractivity (Wildman–Crippen MR) is 137 cm³/mol. The van der Waals surface area contributed by atoms with Crippen molar-refractivity contribution in [1.82, 2.24) is 24.7 Å². The normalized spacial score (nSPS) is 15.9. The highest BCUT2D eigenvalue weighted by molar-refractivity contribution is 8.07. The number of halogens is 3. The maximum absolute atomic E-state index is 12.7. The summed E-state index contributed by atoms with van der Waals surface area (Å²) in [5.41, 5.74) is 1.91. The second-order valence-corrected chi connectivity index (χ2v) is 8.51. The second kappa shape index (κ2) is 12.0. The fourth-order valence-corrected chi connectivity index (χ4v) is 4.04. The smallest absolute Gasteiger partial charge is 0.379 e. The fraction of sp³-hybridized carbons (Fsp3) is 0.435. The molecule has 0 saturated carbocycles. The van der Waals surface area contributed by atoms with Crippen molar-refractivity contribution < 1.29 is 22.7 Å². The Hall–Kier alpha value is -3.10. The van der Waals surface area contributed by atoms with Crippen LogP contribution >= 0.6 is 0 Å². The van der Waals surface area contributed by atoms with Gasteiger partial charge in [-0.2, -0.15) is 18.3 Å². The van der Waals surface area contributed by atoms with Gasteiger partial charge in [-0.15, -0.1) is 0 Å². The molecule has 1 aliphatic rings. The first kappa shape index (κ1) is 28.5. The average Bonchev–Trinajstić information content (AvgIpc) is 3.31. The number of rotatable bonds is 7. The molecule has 0 radical (unpaired) electrons. The highest BCUT2D eigenvalue weighted by Gasteiger charge is 2.37. The van der Waals surface area contributed by atoms with Crippen molar-refractivity contribution in [3.8, 4) is 0 Å². The minimum atomic E-state index is -4.46. The van der Waals surface area contributed by atoms with Crippen molar-refractivity contribution in [1.29, 1.82) is 0 Å². The zero-order valence-corrected chi connectivity index (χ0v) is 22.2. The Kier molecular flexibility index (Phi) is 9.21. The Bertz CT molecular complexity index is 1240. The van der Waals surface area contributed by atoms with Crippen molar-refractivity contribution >= 4 is 39.8 Å². The van der Waals surface area contributed by atoms with Crippen LogP contribution in [0, 0.1) is 6.92 Å².